The van der Waals surface area contributed by atoms with Crippen LogP contribution in [0.1, 0.15) is 44.2 Å². The lowest BCUT2D eigenvalue weighted by atomic mass is 9.98. The van der Waals surface area contributed by atoms with Gasteiger partial charge in [0.2, 0.25) is 0 Å². The van der Waals surface area contributed by atoms with Crippen LogP contribution in [0.5, 0.6) is 11.5 Å². The van der Waals surface area contributed by atoms with Crippen molar-refractivity contribution in [3.63, 3.8) is 0 Å². The van der Waals surface area contributed by atoms with Gasteiger partial charge in [0.05, 0.1) is 26.6 Å². The number of nitrogen functional groups attached to an aromatic ring is 1. The topological polar surface area (TPSA) is 60.2 Å². The molecule has 4 rings (SSSR count). The fourth-order valence-electron chi connectivity index (χ4n) is 4.94. The summed E-state index contributed by atoms with van der Waals surface area (Å²) < 4.78 is 18.0. The van der Waals surface area contributed by atoms with Gasteiger partial charge in [0.15, 0.2) is 11.5 Å². The van der Waals surface area contributed by atoms with E-state index in [-0.39, 0.29) is 0 Å². The predicted molar refractivity (Wildman–Crippen MR) is 137 cm³/mol. The van der Waals surface area contributed by atoms with Gasteiger partial charge >= 0.3 is 0 Å². The van der Waals surface area contributed by atoms with Crippen molar-refractivity contribution in [1.29, 1.82) is 0 Å². The molecule has 2 aliphatic heterocycles. The molecule has 2 aliphatic rings. The number of piperidine rings is 1. The highest BCUT2D eigenvalue weighted by atomic mass is 16.5. The molecule has 2 aromatic carbocycles. The summed E-state index contributed by atoms with van der Waals surface area (Å²) in [6.45, 7) is 12.4. The van der Waals surface area contributed by atoms with Gasteiger partial charge in [-0.1, -0.05) is 38.1 Å². The molecular weight excluding hydrogens is 426 g/mol. The van der Waals surface area contributed by atoms with Crippen molar-refractivity contribution in [3.05, 3.63) is 53.6 Å². The van der Waals surface area contributed by atoms with Gasteiger partial charge < -0.3 is 19.9 Å². The van der Waals surface area contributed by atoms with Gasteiger partial charge in [0, 0.05) is 38.3 Å². The van der Waals surface area contributed by atoms with E-state index in [4.69, 9.17) is 19.9 Å². The van der Waals surface area contributed by atoms with Crippen LogP contribution >= 0.6 is 0 Å². The number of anilines is 1. The van der Waals surface area contributed by atoms with Crippen molar-refractivity contribution >= 4 is 5.69 Å². The highest BCUT2D eigenvalue weighted by Crippen LogP contribution is 2.31. The maximum atomic E-state index is 6.28. The molecular formula is C28H41N3O3. The van der Waals surface area contributed by atoms with Crippen molar-refractivity contribution in [2.24, 2.45) is 11.8 Å². The molecule has 2 N–H and O–H groups in total. The number of rotatable bonds is 10. The molecule has 1 saturated heterocycles. The average Bonchev–Trinajstić information content (AvgIpc) is 3.05. The third-order valence-corrected chi connectivity index (χ3v) is 6.52. The van der Waals surface area contributed by atoms with Gasteiger partial charge in [-0.2, -0.15) is 0 Å². The van der Waals surface area contributed by atoms with E-state index in [1.165, 1.54) is 24.0 Å². The lowest BCUT2D eigenvalue weighted by molar-refractivity contribution is -0.0118. The highest BCUT2D eigenvalue weighted by molar-refractivity contribution is 5.46. The molecule has 34 heavy (non-hydrogen) atoms. The molecule has 2 aromatic rings. The Bertz CT molecular complexity index is 904. The Morgan fingerprint density at radius 1 is 1.09 bits per heavy atom. The number of benzene rings is 2. The van der Waals surface area contributed by atoms with Gasteiger partial charge in [0.1, 0.15) is 0 Å². The van der Waals surface area contributed by atoms with Gasteiger partial charge in [-0.05, 0) is 60.5 Å². The minimum atomic E-state index is 0.567. The summed E-state index contributed by atoms with van der Waals surface area (Å²) in [6, 6.07) is 14.5. The number of nitrogens with zero attached hydrogens (tertiary/aromatic N) is 2. The zero-order valence-electron chi connectivity index (χ0n) is 20.9. The molecule has 0 amide bonds. The molecule has 1 atom stereocenters. The first-order valence-corrected chi connectivity index (χ1v) is 12.8. The van der Waals surface area contributed by atoms with Gasteiger partial charge in [-0.3, -0.25) is 9.80 Å². The summed E-state index contributed by atoms with van der Waals surface area (Å²) in [7, 11) is 0. The second kappa shape index (κ2) is 12.4. The summed E-state index contributed by atoms with van der Waals surface area (Å²) in [4.78, 5) is 4.92. The van der Waals surface area contributed by atoms with E-state index in [9.17, 15) is 0 Å². The average molecular weight is 468 g/mol. The van der Waals surface area contributed by atoms with Crippen LogP contribution in [0.4, 0.5) is 5.69 Å². The van der Waals surface area contributed by atoms with Crippen LogP contribution in [0.25, 0.3) is 0 Å². The van der Waals surface area contributed by atoms with Crippen molar-refractivity contribution < 1.29 is 14.2 Å². The Hall–Kier alpha value is -2.28. The van der Waals surface area contributed by atoms with Crippen LogP contribution in [-0.2, 0) is 17.8 Å². The first-order chi connectivity index (χ1) is 16.6. The van der Waals surface area contributed by atoms with E-state index >= 15 is 0 Å². The van der Waals surface area contributed by atoms with Crippen LogP contribution in [0.2, 0.25) is 0 Å². The number of fused-ring (bicyclic) bond motifs is 1. The summed E-state index contributed by atoms with van der Waals surface area (Å²) in [5.74, 6) is 2.86. The number of hydrogen-bond donors (Lipinski definition) is 1. The van der Waals surface area contributed by atoms with Gasteiger partial charge in [0.25, 0.3) is 0 Å². The fourth-order valence-corrected chi connectivity index (χ4v) is 4.94. The molecule has 0 aromatic heterocycles. The fraction of sp³-hybridized carbons (Fsp3) is 0.571. The molecule has 1 fully saturated rings. The molecule has 1 unspecified atom stereocenters. The van der Waals surface area contributed by atoms with Crippen LogP contribution < -0.4 is 15.2 Å². The van der Waals surface area contributed by atoms with Crippen LogP contribution in [0, 0.1) is 11.8 Å². The lowest BCUT2D eigenvalue weighted by Crippen LogP contribution is -2.38. The molecule has 0 saturated carbocycles. The molecule has 0 radical (unpaired) electrons. The zero-order chi connectivity index (χ0) is 23.8. The molecule has 6 nitrogen and oxygen atoms in total. The van der Waals surface area contributed by atoms with E-state index in [2.05, 4.69) is 47.9 Å². The van der Waals surface area contributed by atoms with Crippen molar-refractivity contribution in [1.82, 2.24) is 9.80 Å². The molecule has 0 spiro atoms. The van der Waals surface area contributed by atoms with Crippen LogP contribution in [0.3, 0.4) is 0 Å². The Labute approximate surface area is 205 Å². The summed E-state index contributed by atoms with van der Waals surface area (Å²) >= 11 is 0. The third kappa shape index (κ3) is 7.36. The van der Waals surface area contributed by atoms with Crippen molar-refractivity contribution in [2.45, 2.75) is 46.2 Å². The Morgan fingerprint density at radius 3 is 2.74 bits per heavy atom. The SMILES string of the molecule is CC(C)CN(COCC1CCCN(Cc2ccccc2N)C1)Cc1ccc2c(c1)OCCCO2. The van der Waals surface area contributed by atoms with Gasteiger partial charge in [-0.25, -0.2) is 0 Å². The molecule has 186 valence electrons. The summed E-state index contributed by atoms with van der Waals surface area (Å²) in [6.07, 6.45) is 3.37. The second-order valence-corrected chi connectivity index (χ2v) is 10.2. The number of nitrogens with two attached hydrogens (primary N) is 1. The Balaban J connectivity index is 1.27. The van der Waals surface area contributed by atoms with E-state index < -0.39 is 0 Å². The predicted octanol–water partition coefficient (Wildman–Crippen LogP) is 4.77. The largest absolute Gasteiger partial charge is 0.490 e. The van der Waals surface area contributed by atoms with E-state index in [1.807, 2.05) is 18.2 Å². The smallest absolute Gasteiger partial charge is 0.161 e. The molecule has 2 heterocycles. The minimum Gasteiger partial charge on any atom is -0.490 e. The first kappa shape index (κ1) is 24.8. The number of para-hydroxylation sites is 1. The second-order valence-electron chi connectivity index (χ2n) is 10.2. The maximum Gasteiger partial charge on any atom is 0.161 e. The summed E-state index contributed by atoms with van der Waals surface area (Å²) in [5.41, 5.74) is 9.51. The molecule has 6 heteroatoms. The minimum absolute atomic E-state index is 0.567. The van der Waals surface area contributed by atoms with Crippen molar-refractivity contribution in [2.75, 3.05) is 51.9 Å². The number of ether oxygens (including phenoxy) is 3. The highest BCUT2D eigenvalue weighted by Gasteiger charge is 2.21. The number of likely N-dealkylation sites (tertiary alicyclic amines) is 1. The van der Waals surface area contributed by atoms with E-state index in [1.54, 1.807) is 0 Å². The maximum absolute atomic E-state index is 6.28. The molecule has 0 bridgehead atoms. The zero-order valence-corrected chi connectivity index (χ0v) is 20.9. The third-order valence-electron chi connectivity index (χ3n) is 6.52. The Kier molecular flexibility index (Phi) is 9.08. The summed E-state index contributed by atoms with van der Waals surface area (Å²) in [5, 5.41) is 0. The standard InChI is InChI=1S/C28H41N3O3/c1-22(2)16-31(17-23-10-11-27-28(15-23)34-14-6-13-33-27)21-32-20-24-7-5-12-30(18-24)19-25-8-3-4-9-26(25)29/h3-4,8-11,15,22,24H,5-7,12-14,16-21,29H2,1-2H3. The Morgan fingerprint density at radius 2 is 1.91 bits per heavy atom. The van der Waals surface area contributed by atoms with Crippen LogP contribution in [0.15, 0.2) is 42.5 Å². The monoisotopic (exact) mass is 467 g/mol. The lowest BCUT2D eigenvalue weighted by Gasteiger charge is -2.33. The van der Waals surface area contributed by atoms with Crippen molar-refractivity contribution in [3.8, 4) is 11.5 Å². The number of hydrogen-bond acceptors (Lipinski definition) is 6. The van der Waals surface area contributed by atoms with Gasteiger partial charge in [-0.15, -0.1) is 0 Å². The molecule has 0 aliphatic carbocycles. The first-order valence-electron chi connectivity index (χ1n) is 12.8. The quantitative estimate of drug-likeness (QED) is 0.401. The van der Waals surface area contributed by atoms with E-state index in [0.29, 0.717) is 25.2 Å². The normalized spacial score (nSPS) is 18.9. The van der Waals surface area contributed by atoms with Crippen LogP contribution in [-0.4, -0.2) is 56.0 Å². The van der Waals surface area contributed by atoms with E-state index in [0.717, 1.165) is 69.5 Å².